The van der Waals surface area contributed by atoms with Crippen LogP contribution in [0, 0.1) is 40.9 Å². The smallest absolute Gasteiger partial charge is 0.0107 e. The van der Waals surface area contributed by atoms with Gasteiger partial charge in [-0.1, -0.05) is 41.0 Å². The second-order valence-electron chi connectivity index (χ2n) is 9.58. The molecule has 4 bridgehead atoms. The molecule has 5 unspecified atom stereocenters. The molecule has 0 amide bonds. The van der Waals surface area contributed by atoms with Crippen molar-refractivity contribution in [1.29, 1.82) is 0 Å². The van der Waals surface area contributed by atoms with Gasteiger partial charge in [0.25, 0.3) is 0 Å². The molecular formula is C21H38S. The van der Waals surface area contributed by atoms with Gasteiger partial charge in [-0.3, -0.25) is 0 Å². The quantitative estimate of drug-likeness (QED) is 0.559. The van der Waals surface area contributed by atoms with E-state index >= 15 is 0 Å². The van der Waals surface area contributed by atoms with E-state index in [-0.39, 0.29) is 0 Å². The molecule has 1 saturated heterocycles. The van der Waals surface area contributed by atoms with E-state index in [0.29, 0.717) is 5.41 Å². The SMILES string of the molecule is CCC(C)(C)CCC1C2CSC1C(C)C(C)C1CCC2CC1. The molecule has 128 valence electrons. The summed E-state index contributed by atoms with van der Waals surface area (Å²) in [4.78, 5) is 0. The summed E-state index contributed by atoms with van der Waals surface area (Å²) in [5, 5.41) is 0.967. The average Bonchev–Trinajstić information content (AvgIpc) is 2.96. The molecule has 0 aromatic rings. The molecule has 4 rings (SSSR count). The van der Waals surface area contributed by atoms with Crippen molar-refractivity contribution in [2.75, 3.05) is 5.75 Å². The summed E-state index contributed by atoms with van der Waals surface area (Å²) >= 11 is 2.37. The van der Waals surface area contributed by atoms with Crippen molar-refractivity contribution < 1.29 is 0 Å². The molecule has 0 aromatic carbocycles. The first-order chi connectivity index (χ1) is 10.4. The van der Waals surface area contributed by atoms with Crippen LogP contribution in [-0.2, 0) is 0 Å². The second-order valence-corrected chi connectivity index (χ2v) is 10.8. The zero-order valence-corrected chi connectivity index (χ0v) is 16.4. The summed E-state index contributed by atoms with van der Waals surface area (Å²) in [6.07, 6.45) is 10.5. The van der Waals surface area contributed by atoms with Gasteiger partial charge in [0.15, 0.2) is 0 Å². The van der Waals surface area contributed by atoms with Gasteiger partial charge in [-0.25, -0.2) is 0 Å². The van der Waals surface area contributed by atoms with Gasteiger partial charge < -0.3 is 0 Å². The van der Waals surface area contributed by atoms with E-state index in [1.807, 2.05) is 0 Å². The fourth-order valence-electron chi connectivity index (χ4n) is 5.68. The Morgan fingerprint density at radius 1 is 0.955 bits per heavy atom. The molecule has 22 heavy (non-hydrogen) atoms. The summed E-state index contributed by atoms with van der Waals surface area (Å²) < 4.78 is 0. The second kappa shape index (κ2) is 6.69. The average molecular weight is 323 g/mol. The van der Waals surface area contributed by atoms with E-state index in [9.17, 15) is 0 Å². The van der Waals surface area contributed by atoms with E-state index in [1.54, 1.807) is 12.8 Å². The van der Waals surface area contributed by atoms with E-state index in [0.717, 1.165) is 40.8 Å². The summed E-state index contributed by atoms with van der Waals surface area (Å²) in [6.45, 7) is 12.5. The Bertz CT molecular complexity index is 366. The number of rotatable bonds is 4. The Morgan fingerprint density at radius 3 is 2.23 bits per heavy atom. The first-order valence-electron chi connectivity index (χ1n) is 10.0. The molecule has 0 radical (unpaired) electrons. The molecule has 0 spiro atoms. The molecule has 0 nitrogen and oxygen atoms in total. The molecular weight excluding hydrogens is 284 g/mol. The molecule has 3 aliphatic carbocycles. The lowest BCUT2D eigenvalue weighted by atomic mass is 9.70. The maximum atomic E-state index is 2.60. The summed E-state index contributed by atoms with van der Waals surface area (Å²) in [5.74, 6) is 7.56. The van der Waals surface area contributed by atoms with Crippen molar-refractivity contribution in [2.45, 2.75) is 84.8 Å². The van der Waals surface area contributed by atoms with Gasteiger partial charge in [-0.2, -0.15) is 11.8 Å². The lowest BCUT2D eigenvalue weighted by Crippen LogP contribution is -2.31. The van der Waals surface area contributed by atoms with Crippen LogP contribution < -0.4 is 0 Å². The van der Waals surface area contributed by atoms with Crippen molar-refractivity contribution in [3.63, 3.8) is 0 Å². The van der Waals surface area contributed by atoms with Crippen LogP contribution in [0.25, 0.3) is 0 Å². The van der Waals surface area contributed by atoms with Crippen molar-refractivity contribution in [1.82, 2.24) is 0 Å². The summed E-state index contributed by atoms with van der Waals surface area (Å²) in [5.41, 5.74) is 0.551. The standard InChI is InChI=1S/C21H38S/c1-6-21(4,5)12-11-18-19-13-22-20(18)15(3)14(2)16-7-9-17(19)10-8-16/h14-20H,6-13H2,1-5H3. The van der Waals surface area contributed by atoms with Crippen LogP contribution in [0.1, 0.15) is 79.6 Å². The first kappa shape index (κ1) is 17.2. The maximum Gasteiger partial charge on any atom is 0.0107 e. The highest BCUT2D eigenvalue weighted by molar-refractivity contribution is 8.00. The molecule has 1 heteroatoms. The summed E-state index contributed by atoms with van der Waals surface area (Å²) in [7, 11) is 0. The molecule has 0 N–H and O–H groups in total. The highest BCUT2D eigenvalue weighted by Gasteiger charge is 2.47. The van der Waals surface area contributed by atoms with Gasteiger partial charge in [0.1, 0.15) is 0 Å². The zero-order chi connectivity index (χ0) is 15.9. The highest BCUT2D eigenvalue weighted by atomic mass is 32.2. The van der Waals surface area contributed by atoms with Crippen molar-refractivity contribution in [3.05, 3.63) is 0 Å². The topological polar surface area (TPSA) is 0 Å². The van der Waals surface area contributed by atoms with Gasteiger partial charge in [-0.05, 0) is 85.2 Å². The monoisotopic (exact) mass is 322 g/mol. The van der Waals surface area contributed by atoms with Crippen LogP contribution in [0.5, 0.6) is 0 Å². The fourth-order valence-corrected chi connectivity index (χ4v) is 7.78. The third kappa shape index (κ3) is 3.26. The van der Waals surface area contributed by atoms with Crippen LogP contribution in [0.3, 0.4) is 0 Å². The maximum absolute atomic E-state index is 2.60. The van der Waals surface area contributed by atoms with E-state index in [4.69, 9.17) is 0 Å². The molecule has 4 fully saturated rings. The molecule has 1 heterocycles. The van der Waals surface area contributed by atoms with Crippen molar-refractivity contribution in [2.24, 2.45) is 40.9 Å². The Kier molecular flexibility index (Phi) is 5.23. The van der Waals surface area contributed by atoms with Crippen LogP contribution in [0.15, 0.2) is 0 Å². The Labute approximate surface area is 143 Å². The van der Waals surface area contributed by atoms with E-state index in [1.165, 1.54) is 37.9 Å². The van der Waals surface area contributed by atoms with Crippen LogP contribution >= 0.6 is 11.8 Å². The predicted octanol–water partition coefficient (Wildman–Crippen LogP) is 6.64. The van der Waals surface area contributed by atoms with Gasteiger partial charge in [0, 0.05) is 5.25 Å². The van der Waals surface area contributed by atoms with Crippen LogP contribution in [0.2, 0.25) is 0 Å². The lowest BCUT2D eigenvalue weighted by molar-refractivity contribution is 0.160. The predicted molar refractivity (Wildman–Crippen MR) is 100 cm³/mol. The van der Waals surface area contributed by atoms with Crippen molar-refractivity contribution in [3.8, 4) is 0 Å². The number of fused-ring (bicyclic) bond motifs is 3. The van der Waals surface area contributed by atoms with Gasteiger partial charge in [0.05, 0.1) is 0 Å². The minimum atomic E-state index is 0.551. The normalized spacial score (nSPS) is 45.4. The van der Waals surface area contributed by atoms with E-state index in [2.05, 4.69) is 46.4 Å². The minimum Gasteiger partial charge on any atom is -0.158 e. The van der Waals surface area contributed by atoms with Crippen molar-refractivity contribution >= 4 is 11.8 Å². The minimum absolute atomic E-state index is 0.551. The van der Waals surface area contributed by atoms with Gasteiger partial charge in [0.2, 0.25) is 0 Å². The van der Waals surface area contributed by atoms with Crippen LogP contribution in [-0.4, -0.2) is 11.0 Å². The number of hydrogen-bond acceptors (Lipinski definition) is 1. The number of thioether (sulfide) groups is 1. The largest absolute Gasteiger partial charge is 0.158 e. The third-order valence-corrected chi connectivity index (χ3v) is 9.82. The van der Waals surface area contributed by atoms with Gasteiger partial charge in [-0.15, -0.1) is 0 Å². The first-order valence-corrected chi connectivity index (χ1v) is 11.1. The molecule has 5 atom stereocenters. The highest BCUT2D eigenvalue weighted by Crippen LogP contribution is 2.55. The number of hydrogen-bond donors (Lipinski definition) is 0. The molecule has 4 aliphatic rings. The van der Waals surface area contributed by atoms with Gasteiger partial charge >= 0.3 is 0 Å². The Morgan fingerprint density at radius 2 is 1.59 bits per heavy atom. The van der Waals surface area contributed by atoms with E-state index < -0.39 is 0 Å². The fraction of sp³-hybridized carbons (Fsp3) is 1.00. The third-order valence-electron chi connectivity index (χ3n) is 8.08. The Hall–Kier alpha value is 0.350. The Balaban J connectivity index is 1.79. The molecule has 1 aliphatic heterocycles. The molecule has 0 aromatic heterocycles. The van der Waals surface area contributed by atoms with Crippen LogP contribution in [0.4, 0.5) is 0 Å². The lowest BCUT2D eigenvalue weighted by Gasteiger charge is -2.36. The zero-order valence-electron chi connectivity index (χ0n) is 15.6. The molecule has 3 saturated carbocycles. The summed E-state index contributed by atoms with van der Waals surface area (Å²) in [6, 6.07) is 0.